The molecule has 0 amide bonds. The van der Waals surface area contributed by atoms with Crippen LogP contribution >= 0.6 is 0 Å². The Morgan fingerprint density at radius 3 is 1.21 bits per heavy atom. The molecule has 0 aromatic heterocycles. The molecule has 19 heavy (non-hydrogen) atoms. The van der Waals surface area contributed by atoms with Crippen LogP contribution in [0.2, 0.25) is 0 Å². The normalized spacial score (nSPS) is 15.2. The van der Waals surface area contributed by atoms with Crippen molar-refractivity contribution in [2.24, 2.45) is 0 Å². The molecule has 0 atom stereocenters. The molecular formula is C7F12. The molecule has 0 unspecified atom stereocenters. The van der Waals surface area contributed by atoms with Crippen molar-refractivity contribution in [2.75, 3.05) is 0 Å². The molecule has 0 aromatic carbocycles. The SMILES string of the molecule is FC(F)=C(F)C(F)=C(F)C(F)(F)C(F)(F)C(F)(F)F. The van der Waals surface area contributed by atoms with Gasteiger partial charge in [0.05, 0.1) is 0 Å². The first-order valence-corrected chi connectivity index (χ1v) is 3.77. The molecule has 0 nitrogen and oxygen atoms in total. The van der Waals surface area contributed by atoms with E-state index in [4.69, 9.17) is 0 Å². The van der Waals surface area contributed by atoms with Crippen LogP contribution in [0.1, 0.15) is 0 Å². The molecule has 0 saturated carbocycles. The third-order valence-electron chi connectivity index (χ3n) is 1.58. The summed E-state index contributed by atoms with van der Waals surface area (Å²) in [5.41, 5.74) is 0. The zero-order valence-electron chi connectivity index (χ0n) is 8.04. The maximum atomic E-state index is 12.4. The lowest BCUT2D eigenvalue weighted by Crippen LogP contribution is -2.52. The molecule has 0 aliphatic carbocycles. The van der Waals surface area contributed by atoms with Crippen LogP contribution < -0.4 is 0 Å². The van der Waals surface area contributed by atoms with Gasteiger partial charge in [0, 0.05) is 0 Å². The largest absolute Gasteiger partial charge is 0.460 e. The van der Waals surface area contributed by atoms with Crippen LogP contribution in [0, 0.1) is 0 Å². The lowest BCUT2D eigenvalue weighted by molar-refractivity contribution is -0.348. The topological polar surface area (TPSA) is 0 Å². The number of alkyl halides is 7. The van der Waals surface area contributed by atoms with Gasteiger partial charge in [0.25, 0.3) is 0 Å². The van der Waals surface area contributed by atoms with Gasteiger partial charge in [0.15, 0.2) is 0 Å². The van der Waals surface area contributed by atoms with Gasteiger partial charge < -0.3 is 0 Å². The van der Waals surface area contributed by atoms with E-state index in [1.165, 1.54) is 0 Å². The van der Waals surface area contributed by atoms with E-state index in [-0.39, 0.29) is 0 Å². The van der Waals surface area contributed by atoms with Crippen LogP contribution in [0.5, 0.6) is 0 Å². The van der Waals surface area contributed by atoms with Crippen molar-refractivity contribution in [2.45, 2.75) is 18.0 Å². The van der Waals surface area contributed by atoms with Gasteiger partial charge in [0.2, 0.25) is 17.5 Å². The molecular weight excluding hydrogens is 312 g/mol. The van der Waals surface area contributed by atoms with Crippen molar-refractivity contribution in [1.29, 1.82) is 0 Å². The fourth-order valence-electron chi connectivity index (χ4n) is 0.633. The first-order chi connectivity index (χ1) is 8.18. The van der Waals surface area contributed by atoms with E-state index in [1.54, 1.807) is 0 Å². The average Bonchev–Trinajstić information content (AvgIpc) is 2.23. The Kier molecular flexibility index (Phi) is 4.61. The van der Waals surface area contributed by atoms with Crippen LogP contribution in [0.3, 0.4) is 0 Å². The second kappa shape index (κ2) is 4.96. The van der Waals surface area contributed by atoms with Crippen LogP contribution in [0.25, 0.3) is 0 Å². The third-order valence-corrected chi connectivity index (χ3v) is 1.58. The molecule has 12 heteroatoms. The summed E-state index contributed by atoms with van der Waals surface area (Å²) in [4.78, 5) is 0. The molecule has 0 saturated heterocycles. The van der Waals surface area contributed by atoms with Gasteiger partial charge in [-0.25, -0.2) is 8.78 Å². The number of halogens is 12. The van der Waals surface area contributed by atoms with Gasteiger partial charge in [0.1, 0.15) is 0 Å². The molecule has 0 aliphatic heterocycles. The zero-order valence-corrected chi connectivity index (χ0v) is 8.04. The Labute approximate surface area is 95.5 Å². The van der Waals surface area contributed by atoms with Crippen LogP contribution in [-0.2, 0) is 0 Å². The summed E-state index contributed by atoms with van der Waals surface area (Å²) in [5, 5.41) is 0. The monoisotopic (exact) mass is 312 g/mol. The smallest absolute Gasteiger partial charge is 0.201 e. The highest BCUT2D eigenvalue weighted by atomic mass is 19.4. The number of hydrogen-bond acceptors (Lipinski definition) is 0. The first-order valence-electron chi connectivity index (χ1n) is 3.77. The van der Waals surface area contributed by atoms with E-state index in [0.717, 1.165) is 0 Å². The summed E-state index contributed by atoms with van der Waals surface area (Å²) in [6.07, 6.45) is -10.7. The summed E-state index contributed by atoms with van der Waals surface area (Å²) in [5.74, 6) is -25.8. The maximum absolute atomic E-state index is 12.4. The Hall–Kier alpha value is -1.36. The van der Waals surface area contributed by atoms with Gasteiger partial charge in [-0.1, -0.05) is 0 Å². The predicted octanol–water partition coefficient (Wildman–Crippen LogP) is 5.05. The second-order valence-electron chi connectivity index (χ2n) is 2.85. The summed E-state index contributed by atoms with van der Waals surface area (Å²) in [7, 11) is 0. The molecule has 0 aromatic rings. The average molecular weight is 312 g/mol. The molecule has 0 aliphatic rings. The summed E-state index contributed by atoms with van der Waals surface area (Å²) in [6, 6.07) is 0. The van der Waals surface area contributed by atoms with Crippen molar-refractivity contribution in [1.82, 2.24) is 0 Å². The fraction of sp³-hybridized carbons (Fsp3) is 0.429. The number of rotatable bonds is 3. The Morgan fingerprint density at radius 1 is 0.579 bits per heavy atom. The number of allylic oxidation sites excluding steroid dienone is 3. The first kappa shape index (κ1) is 17.6. The summed E-state index contributed by atoms with van der Waals surface area (Å²) in [6.45, 7) is 0. The molecule has 0 fully saturated rings. The Morgan fingerprint density at radius 2 is 0.947 bits per heavy atom. The van der Waals surface area contributed by atoms with E-state index in [2.05, 4.69) is 0 Å². The minimum atomic E-state index is -7.13. The minimum Gasteiger partial charge on any atom is -0.201 e. The van der Waals surface area contributed by atoms with E-state index in [9.17, 15) is 52.7 Å². The van der Waals surface area contributed by atoms with E-state index >= 15 is 0 Å². The minimum absolute atomic E-state index is 3.62. The highest BCUT2D eigenvalue weighted by Gasteiger charge is 2.75. The lowest BCUT2D eigenvalue weighted by Gasteiger charge is -2.26. The second-order valence-corrected chi connectivity index (χ2v) is 2.85. The molecule has 0 N–H and O–H groups in total. The van der Waals surface area contributed by atoms with E-state index in [0.29, 0.717) is 0 Å². The van der Waals surface area contributed by atoms with Crippen LogP contribution in [0.4, 0.5) is 52.7 Å². The summed E-state index contributed by atoms with van der Waals surface area (Å²) >= 11 is 0. The third kappa shape index (κ3) is 2.97. The summed E-state index contributed by atoms with van der Waals surface area (Å²) < 4.78 is 143. The van der Waals surface area contributed by atoms with Gasteiger partial charge in [-0.2, -0.15) is 43.9 Å². The van der Waals surface area contributed by atoms with Crippen LogP contribution in [0.15, 0.2) is 23.6 Å². The van der Waals surface area contributed by atoms with E-state index in [1.807, 2.05) is 0 Å². The number of hydrogen-bond donors (Lipinski definition) is 0. The standard InChI is InChI=1S/C7F12/c8-1(2(9)4(11)12)3(10)5(13,14)6(15,16)7(17,18)19. The molecule has 0 heterocycles. The molecule has 112 valence electrons. The molecule has 0 radical (unpaired) electrons. The van der Waals surface area contributed by atoms with Crippen molar-refractivity contribution in [3.8, 4) is 0 Å². The van der Waals surface area contributed by atoms with Crippen molar-refractivity contribution in [3.63, 3.8) is 0 Å². The predicted molar refractivity (Wildman–Crippen MR) is 35.5 cm³/mol. The highest BCUT2D eigenvalue weighted by Crippen LogP contribution is 2.51. The van der Waals surface area contributed by atoms with Crippen LogP contribution in [-0.4, -0.2) is 18.0 Å². The zero-order chi connectivity index (χ0) is 15.8. The Bertz CT molecular complexity index is 406. The molecule has 0 spiro atoms. The van der Waals surface area contributed by atoms with Crippen molar-refractivity contribution < 1.29 is 52.7 Å². The molecule has 0 rings (SSSR count). The van der Waals surface area contributed by atoms with E-state index < -0.39 is 41.6 Å². The highest BCUT2D eigenvalue weighted by molar-refractivity contribution is 5.28. The van der Waals surface area contributed by atoms with Crippen molar-refractivity contribution in [3.05, 3.63) is 23.6 Å². The van der Waals surface area contributed by atoms with Gasteiger partial charge in [-0.15, -0.1) is 0 Å². The van der Waals surface area contributed by atoms with Gasteiger partial charge >= 0.3 is 24.1 Å². The van der Waals surface area contributed by atoms with Crippen molar-refractivity contribution >= 4 is 0 Å². The Balaban J connectivity index is 5.95. The maximum Gasteiger partial charge on any atom is 0.460 e. The van der Waals surface area contributed by atoms with Gasteiger partial charge in [-0.05, 0) is 0 Å². The fourth-order valence-corrected chi connectivity index (χ4v) is 0.633. The lowest BCUT2D eigenvalue weighted by atomic mass is 10.1. The molecule has 0 bridgehead atoms. The quantitative estimate of drug-likeness (QED) is 0.505. The van der Waals surface area contributed by atoms with Gasteiger partial charge in [-0.3, -0.25) is 0 Å².